The maximum Gasteiger partial charge on any atom is 0.260 e. The number of carbonyl (C=O) groups excluding carboxylic acids is 1. The van der Waals surface area contributed by atoms with Gasteiger partial charge in [-0.05, 0) is 43.3 Å². The van der Waals surface area contributed by atoms with Crippen LogP contribution in [0.15, 0.2) is 59.4 Å². The summed E-state index contributed by atoms with van der Waals surface area (Å²) < 4.78 is 12.7. The van der Waals surface area contributed by atoms with Crippen molar-refractivity contribution in [2.75, 3.05) is 12.4 Å². The van der Waals surface area contributed by atoms with Gasteiger partial charge >= 0.3 is 0 Å². The van der Waals surface area contributed by atoms with Gasteiger partial charge in [-0.25, -0.2) is 0 Å². The molecule has 1 amide bonds. The average Bonchev–Trinajstić information content (AvgIpc) is 3.35. The van der Waals surface area contributed by atoms with E-state index < -0.39 is 5.91 Å². The van der Waals surface area contributed by atoms with E-state index in [1.54, 1.807) is 55.4 Å². The SMILES string of the molecule is COc1ccc(NC(=O)c2c(C)oc(-n3cccc3)c2C#N)c2cccnc12. The molecule has 0 saturated heterocycles. The van der Waals surface area contributed by atoms with Crippen molar-refractivity contribution in [1.82, 2.24) is 9.55 Å². The summed E-state index contributed by atoms with van der Waals surface area (Å²) in [7, 11) is 1.57. The van der Waals surface area contributed by atoms with Gasteiger partial charge in [0.2, 0.25) is 5.88 Å². The number of amides is 1. The second-order valence-corrected chi connectivity index (χ2v) is 6.08. The molecule has 3 heterocycles. The minimum atomic E-state index is -0.425. The lowest BCUT2D eigenvalue weighted by Crippen LogP contribution is -2.14. The van der Waals surface area contributed by atoms with Crippen molar-refractivity contribution in [2.45, 2.75) is 6.92 Å². The van der Waals surface area contributed by atoms with Crippen LogP contribution in [-0.2, 0) is 0 Å². The number of ether oxygens (including phenoxy) is 1. The topological polar surface area (TPSA) is 93.1 Å². The molecule has 7 nitrogen and oxygen atoms in total. The Morgan fingerprint density at radius 3 is 2.75 bits per heavy atom. The van der Waals surface area contributed by atoms with Gasteiger partial charge in [-0.3, -0.25) is 14.3 Å². The highest BCUT2D eigenvalue weighted by Crippen LogP contribution is 2.31. The summed E-state index contributed by atoms with van der Waals surface area (Å²) in [5.74, 6) is 0.873. The van der Waals surface area contributed by atoms with Gasteiger partial charge in [-0.1, -0.05) is 0 Å². The number of nitrogens with one attached hydrogen (secondary N) is 1. The summed E-state index contributed by atoms with van der Waals surface area (Å²) in [5.41, 5.74) is 1.60. The van der Waals surface area contributed by atoms with Gasteiger partial charge in [0.05, 0.1) is 12.8 Å². The number of nitriles is 1. The Bertz CT molecular complexity index is 1220. The molecule has 28 heavy (non-hydrogen) atoms. The molecule has 0 aliphatic heterocycles. The molecule has 0 aliphatic carbocycles. The Morgan fingerprint density at radius 2 is 2.04 bits per heavy atom. The molecule has 0 bridgehead atoms. The van der Waals surface area contributed by atoms with Crippen LogP contribution in [0.4, 0.5) is 5.69 Å². The van der Waals surface area contributed by atoms with Crippen molar-refractivity contribution < 1.29 is 13.9 Å². The third-order valence-electron chi connectivity index (χ3n) is 4.44. The van der Waals surface area contributed by atoms with Gasteiger partial charge in [0.1, 0.15) is 34.2 Å². The van der Waals surface area contributed by atoms with E-state index in [-0.39, 0.29) is 11.1 Å². The molecule has 0 saturated carbocycles. The normalized spacial score (nSPS) is 10.6. The molecule has 0 aliphatic rings. The van der Waals surface area contributed by atoms with Gasteiger partial charge in [-0.2, -0.15) is 5.26 Å². The lowest BCUT2D eigenvalue weighted by atomic mass is 10.1. The number of rotatable bonds is 4. The number of hydrogen-bond donors (Lipinski definition) is 1. The number of pyridine rings is 1. The number of aromatic nitrogens is 2. The first-order valence-corrected chi connectivity index (χ1v) is 8.54. The zero-order chi connectivity index (χ0) is 19.7. The molecular formula is C21H16N4O3. The highest BCUT2D eigenvalue weighted by molar-refractivity contribution is 6.11. The molecule has 3 aromatic heterocycles. The Morgan fingerprint density at radius 1 is 1.25 bits per heavy atom. The third-order valence-corrected chi connectivity index (χ3v) is 4.44. The number of methoxy groups -OCH3 is 1. The van der Waals surface area contributed by atoms with Crippen LogP contribution in [0.3, 0.4) is 0 Å². The van der Waals surface area contributed by atoms with Crippen molar-refractivity contribution in [1.29, 1.82) is 5.26 Å². The number of aryl methyl sites for hydroxylation is 1. The van der Waals surface area contributed by atoms with E-state index in [0.29, 0.717) is 28.6 Å². The molecule has 0 atom stereocenters. The molecule has 4 rings (SSSR count). The number of hydrogen-bond acceptors (Lipinski definition) is 5. The van der Waals surface area contributed by atoms with E-state index in [1.807, 2.05) is 18.2 Å². The highest BCUT2D eigenvalue weighted by atomic mass is 16.5. The summed E-state index contributed by atoms with van der Waals surface area (Å²) in [4.78, 5) is 17.3. The van der Waals surface area contributed by atoms with Crippen molar-refractivity contribution in [3.05, 3.63) is 71.9 Å². The summed E-state index contributed by atoms with van der Waals surface area (Å²) in [6.07, 6.45) is 5.17. The van der Waals surface area contributed by atoms with Crippen molar-refractivity contribution in [3.63, 3.8) is 0 Å². The Hall–Kier alpha value is -4.05. The first-order chi connectivity index (χ1) is 13.6. The summed E-state index contributed by atoms with van der Waals surface area (Å²) in [5, 5.41) is 13.2. The maximum absolute atomic E-state index is 13.0. The van der Waals surface area contributed by atoms with E-state index in [1.165, 1.54) is 0 Å². The first-order valence-electron chi connectivity index (χ1n) is 8.54. The van der Waals surface area contributed by atoms with Crippen molar-refractivity contribution >= 4 is 22.5 Å². The van der Waals surface area contributed by atoms with Crippen LogP contribution in [0, 0.1) is 18.3 Å². The van der Waals surface area contributed by atoms with Gasteiger partial charge < -0.3 is 14.5 Å². The van der Waals surface area contributed by atoms with E-state index in [4.69, 9.17) is 9.15 Å². The number of furan rings is 1. The molecule has 0 spiro atoms. The minimum Gasteiger partial charge on any atom is -0.494 e. The zero-order valence-electron chi connectivity index (χ0n) is 15.3. The van der Waals surface area contributed by atoms with Crippen LogP contribution in [0.1, 0.15) is 21.7 Å². The molecule has 7 heteroatoms. The Kier molecular flexibility index (Phi) is 4.30. The number of anilines is 1. The molecular weight excluding hydrogens is 356 g/mol. The first kappa shape index (κ1) is 17.4. The Labute approximate surface area is 160 Å². The predicted octanol–water partition coefficient (Wildman–Crippen LogP) is 4.06. The number of fused-ring (bicyclic) bond motifs is 1. The second kappa shape index (κ2) is 6.93. The maximum atomic E-state index is 13.0. The lowest BCUT2D eigenvalue weighted by Gasteiger charge is -2.11. The van der Waals surface area contributed by atoms with E-state index in [2.05, 4.69) is 16.4 Å². The molecule has 0 unspecified atom stereocenters. The predicted molar refractivity (Wildman–Crippen MR) is 104 cm³/mol. The van der Waals surface area contributed by atoms with E-state index in [9.17, 15) is 10.1 Å². The summed E-state index contributed by atoms with van der Waals surface area (Å²) in [6.45, 7) is 1.66. The van der Waals surface area contributed by atoms with E-state index >= 15 is 0 Å². The highest BCUT2D eigenvalue weighted by Gasteiger charge is 2.25. The van der Waals surface area contributed by atoms with Crippen LogP contribution in [-0.4, -0.2) is 22.6 Å². The van der Waals surface area contributed by atoms with Gasteiger partial charge in [0.15, 0.2) is 0 Å². The quantitative estimate of drug-likeness (QED) is 0.583. The van der Waals surface area contributed by atoms with Crippen molar-refractivity contribution in [2.24, 2.45) is 0 Å². The van der Waals surface area contributed by atoms with E-state index in [0.717, 1.165) is 5.39 Å². The molecule has 0 fully saturated rings. The Balaban J connectivity index is 1.77. The van der Waals surface area contributed by atoms with Gasteiger partial charge in [0, 0.05) is 24.0 Å². The molecule has 0 radical (unpaired) electrons. The average molecular weight is 372 g/mol. The third kappa shape index (κ3) is 2.77. The number of carbonyl (C=O) groups is 1. The minimum absolute atomic E-state index is 0.183. The van der Waals surface area contributed by atoms with Crippen LogP contribution >= 0.6 is 0 Å². The monoisotopic (exact) mass is 372 g/mol. The molecule has 1 aromatic carbocycles. The largest absolute Gasteiger partial charge is 0.494 e. The fourth-order valence-corrected chi connectivity index (χ4v) is 3.16. The fraction of sp³-hybridized carbons (Fsp3) is 0.0952. The van der Waals surface area contributed by atoms with Gasteiger partial charge in [-0.15, -0.1) is 0 Å². The van der Waals surface area contributed by atoms with Crippen LogP contribution in [0.25, 0.3) is 16.8 Å². The number of nitrogens with zero attached hydrogens (tertiary/aromatic N) is 3. The standard InChI is InChI=1S/C21H16N4O3/c1-13-18(15(12-22)21(28-13)25-10-3-4-11-25)20(26)24-16-7-8-17(27-2)19-14(16)6-5-9-23-19/h3-11H,1-2H3,(H,24,26). The lowest BCUT2D eigenvalue weighted by molar-refractivity contribution is 0.102. The van der Waals surface area contributed by atoms with Crippen LogP contribution in [0.2, 0.25) is 0 Å². The summed E-state index contributed by atoms with van der Waals surface area (Å²) >= 11 is 0. The number of benzene rings is 1. The van der Waals surface area contributed by atoms with Crippen LogP contribution < -0.4 is 10.1 Å². The van der Waals surface area contributed by atoms with Crippen LogP contribution in [0.5, 0.6) is 5.75 Å². The second-order valence-electron chi connectivity index (χ2n) is 6.08. The molecule has 1 N–H and O–H groups in total. The van der Waals surface area contributed by atoms with Crippen molar-refractivity contribution in [3.8, 4) is 17.7 Å². The summed E-state index contributed by atoms with van der Waals surface area (Å²) in [6, 6.07) is 12.8. The fourth-order valence-electron chi connectivity index (χ4n) is 3.16. The molecule has 138 valence electrons. The van der Waals surface area contributed by atoms with Gasteiger partial charge in [0.25, 0.3) is 5.91 Å². The molecule has 4 aromatic rings. The smallest absolute Gasteiger partial charge is 0.260 e. The zero-order valence-corrected chi connectivity index (χ0v) is 15.3.